The van der Waals surface area contributed by atoms with Gasteiger partial charge in [-0.25, -0.2) is 21.8 Å². The molecular weight excluding hydrogens is 584 g/mol. The normalized spacial score (nSPS) is 14.3. The van der Waals surface area contributed by atoms with E-state index >= 15 is 0 Å². The monoisotopic (exact) mass is 599 g/mol. The summed E-state index contributed by atoms with van der Waals surface area (Å²) in [7, 11) is -9.54. The van der Waals surface area contributed by atoms with Crippen molar-refractivity contribution in [3.8, 4) is 10.6 Å². The second-order valence-electron chi connectivity index (χ2n) is 8.06. The molecule has 4 aromatic rings. The van der Waals surface area contributed by atoms with Crippen molar-refractivity contribution in [1.29, 1.82) is 0 Å². The fourth-order valence-electron chi connectivity index (χ4n) is 3.90. The van der Waals surface area contributed by atoms with Crippen molar-refractivity contribution in [1.82, 2.24) is 4.98 Å². The van der Waals surface area contributed by atoms with Crippen LogP contribution in [-0.2, 0) is 20.2 Å². The maximum absolute atomic E-state index is 12.8. The van der Waals surface area contributed by atoms with Gasteiger partial charge in [-0.15, -0.1) is 11.3 Å². The van der Waals surface area contributed by atoms with Gasteiger partial charge in [0.15, 0.2) is 0 Å². The van der Waals surface area contributed by atoms with Gasteiger partial charge in [-0.2, -0.15) is 5.10 Å². The molecule has 1 aromatic heterocycles. The molecule has 0 radical (unpaired) electrons. The largest absolute Gasteiger partial charge is 1.00 e. The van der Waals surface area contributed by atoms with Crippen LogP contribution in [0.5, 0.6) is 0 Å². The molecule has 0 saturated carbocycles. The summed E-state index contributed by atoms with van der Waals surface area (Å²) in [6, 6.07) is 15.7. The number of carbonyl (C=O) groups excluding carboxylic acids is 1. The van der Waals surface area contributed by atoms with Crippen molar-refractivity contribution >= 4 is 63.9 Å². The Bertz CT molecular complexity index is 1880. The predicted octanol–water partition coefficient (Wildman–Crippen LogP) is -2.27. The number of Topliss-reactive ketones (excluding diaryl/α,β-unsaturated/α-hetero) is 1. The van der Waals surface area contributed by atoms with E-state index in [-0.39, 0.29) is 85.5 Å². The molecule has 1 aliphatic rings. The average Bonchev–Trinajstić information content (AvgIpc) is 3.26. The average molecular weight is 600 g/mol. The van der Waals surface area contributed by atoms with E-state index in [1.54, 1.807) is 43.3 Å². The summed E-state index contributed by atoms with van der Waals surface area (Å²) in [6.07, 6.45) is 0.944. The van der Waals surface area contributed by atoms with Gasteiger partial charge in [-0.1, -0.05) is 30.3 Å². The van der Waals surface area contributed by atoms with Gasteiger partial charge in [0.1, 0.15) is 31.0 Å². The van der Waals surface area contributed by atoms with Crippen molar-refractivity contribution in [2.24, 2.45) is 5.10 Å². The fourth-order valence-corrected chi connectivity index (χ4v) is 6.90. The molecule has 0 atom stereocenters. The van der Waals surface area contributed by atoms with E-state index < -0.39 is 30.9 Å². The zero-order valence-corrected chi connectivity index (χ0v) is 27.3. The molecular formula is C24H15N3Na2O7S3. The number of carbonyl (C=O) groups is 1. The molecule has 10 nitrogen and oxygen atoms in total. The molecule has 3 aromatic carbocycles. The van der Waals surface area contributed by atoms with Gasteiger partial charge in [0.2, 0.25) is 5.78 Å². The Morgan fingerprint density at radius 3 is 2.13 bits per heavy atom. The number of anilines is 1. The minimum Gasteiger partial charge on any atom is -0.744 e. The van der Waals surface area contributed by atoms with Crippen LogP contribution >= 0.6 is 11.3 Å². The molecule has 1 aliphatic carbocycles. The van der Waals surface area contributed by atoms with Gasteiger partial charge < -0.3 is 9.11 Å². The number of allylic oxidation sites excluding steroid dienone is 1. The number of nitrogens with one attached hydrogen (secondary N) is 1. The van der Waals surface area contributed by atoms with Crippen LogP contribution in [0.2, 0.25) is 0 Å². The Morgan fingerprint density at radius 2 is 1.51 bits per heavy atom. The topological polar surface area (TPSA) is 169 Å². The van der Waals surface area contributed by atoms with Gasteiger partial charge in [0, 0.05) is 16.7 Å². The van der Waals surface area contributed by atoms with Crippen LogP contribution < -0.4 is 64.5 Å². The number of ketones is 1. The van der Waals surface area contributed by atoms with E-state index in [1.807, 2.05) is 0 Å². The molecule has 1 N–H and O–H groups in total. The van der Waals surface area contributed by atoms with E-state index in [9.17, 15) is 30.7 Å². The predicted molar refractivity (Wildman–Crippen MR) is 137 cm³/mol. The maximum atomic E-state index is 12.8. The molecule has 0 unspecified atom stereocenters. The number of hydrogen-bond acceptors (Lipinski definition) is 11. The Labute approximate surface area is 272 Å². The summed E-state index contributed by atoms with van der Waals surface area (Å²) in [5.74, 6) is -0.541. The number of aromatic nitrogens is 1. The first kappa shape index (κ1) is 31.8. The number of hydrogen-bond donors (Lipinski definition) is 1. The van der Waals surface area contributed by atoms with Crippen molar-refractivity contribution in [2.45, 2.75) is 11.8 Å². The molecule has 0 spiro atoms. The van der Waals surface area contributed by atoms with Crippen LogP contribution in [0.15, 0.2) is 76.7 Å². The molecule has 0 bridgehead atoms. The number of nitrogens with zero attached hydrogens (tertiary/aromatic N) is 2. The summed E-state index contributed by atoms with van der Waals surface area (Å²) in [6.45, 7) is 1.55. The second kappa shape index (κ2) is 12.0. The summed E-state index contributed by atoms with van der Waals surface area (Å²) in [5, 5.41) is 4.50. The summed E-state index contributed by atoms with van der Waals surface area (Å²) in [5.41, 5.74) is 4.35. The Hall–Kier alpha value is -1.75. The van der Waals surface area contributed by atoms with Crippen molar-refractivity contribution < 1.29 is 89.9 Å². The van der Waals surface area contributed by atoms with Crippen LogP contribution in [0.25, 0.3) is 25.7 Å². The first-order valence-corrected chi connectivity index (χ1v) is 14.2. The van der Waals surface area contributed by atoms with E-state index in [0.29, 0.717) is 27.3 Å². The Kier molecular flexibility index (Phi) is 9.78. The summed E-state index contributed by atoms with van der Waals surface area (Å²) >= 11 is 1.08. The molecule has 188 valence electrons. The standard InChI is InChI=1S/C24H17N3O7S3.2Na/c1-13-6-11-18-22(23(13)37(32,33)34)35-24(25-18)14-7-9-15(10-8-14)26-27-19-12-20(36(29,30)31)16-4-2-3-5-17(16)21(19)28;;/h2-12,26H,1H3,(H,29,30,31)(H,32,33,34);;/q;2*+1/p-2/b27-19-;;. The number of hydrazone groups is 1. The summed E-state index contributed by atoms with van der Waals surface area (Å²) in [4.78, 5) is 16.4. The van der Waals surface area contributed by atoms with Crippen molar-refractivity contribution in [2.75, 3.05) is 5.43 Å². The molecule has 15 heteroatoms. The molecule has 0 aliphatic heterocycles. The van der Waals surface area contributed by atoms with Crippen molar-refractivity contribution in [3.63, 3.8) is 0 Å². The quantitative estimate of drug-likeness (QED) is 0.151. The minimum absolute atomic E-state index is 0. The van der Waals surface area contributed by atoms with Gasteiger partial charge >= 0.3 is 59.1 Å². The maximum Gasteiger partial charge on any atom is 1.00 e. The van der Waals surface area contributed by atoms with Crippen LogP contribution in [0.1, 0.15) is 21.5 Å². The van der Waals surface area contributed by atoms with E-state index in [0.717, 1.165) is 17.4 Å². The summed E-state index contributed by atoms with van der Waals surface area (Å²) < 4.78 is 70.8. The smallest absolute Gasteiger partial charge is 0.744 e. The zero-order valence-electron chi connectivity index (χ0n) is 20.8. The number of benzene rings is 3. The Balaban J connectivity index is 0.00000210. The third kappa shape index (κ3) is 6.44. The third-order valence-electron chi connectivity index (χ3n) is 5.60. The minimum atomic E-state index is -4.85. The van der Waals surface area contributed by atoms with E-state index in [2.05, 4.69) is 15.5 Å². The number of fused-ring (bicyclic) bond motifs is 2. The van der Waals surface area contributed by atoms with Crippen LogP contribution in [0.3, 0.4) is 0 Å². The van der Waals surface area contributed by atoms with Gasteiger partial charge in [-0.05, 0) is 48.9 Å². The fraction of sp³-hybridized carbons (Fsp3) is 0.0417. The molecule has 0 fully saturated rings. The first-order chi connectivity index (χ1) is 17.4. The van der Waals surface area contributed by atoms with Gasteiger partial charge in [-0.3, -0.25) is 10.2 Å². The van der Waals surface area contributed by atoms with E-state index in [1.165, 1.54) is 24.3 Å². The van der Waals surface area contributed by atoms with Crippen LogP contribution in [0, 0.1) is 6.92 Å². The van der Waals surface area contributed by atoms with Gasteiger partial charge in [0.05, 0.1) is 25.7 Å². The van der Waals surface area contributed by atoms with Crippen molar-refractivity contribution in [3.05, 3.63) is 83.4 Å². The molecule has 5 rings (SSSR count). The number of aryl methyl sites for hydroxylation is 1. The molecule has 0 saturated heterocycles. The molecule has 39 heavy (non-hydrogen) atoms. The molecule has 0 amide bonds. The second-order valence-corrected chi connectivity index (χ2v) is 11.7. The van der Waals surface area contributed by atoms with Gasteiger partial charge in [0.25, 0.3) is 0 Å². The Morgan fingerprint density at radius 1 is 0.872 bits per heavy atom. The zero-order chi connectivity index (χ0) is 26.5. The number of thiazole rings is 1. The third-order valence-corrected chi connectivity index (χ3v) is 8.77. The number of rotatable bonds is 5. The van der Waals surface area contributed by atoms with Crippen LogP contribution in [-0.4, -0.2) is 42.4 Å². The molecule has 1 heterocycles. The van der Waals surface area contributed by atoms with Crippen LogP contribution in [0.4, 0.5) is 5.69 Å². The first-order valence-electron chi connectivity index (χ1n) is 10.6. The van der Waals surface area contributed by atoms with E-state index in [4.69, 9.17) is 0 Å². The SMILES string of the molecule is Cc1ccc2nc(-c3ccc(N/N=C4/C=C(S(=O)(=O)[O-])c5ccccc5C4=O)cc3)sc2c1S(=O)(=O)[O-].[Na+].[Na+].